The molecule has 7 heteroatoms. The quantitative estimate of drug-likeness (QED) is 0.308. The molecule has 1 aliphatic rings. The number of amides is 1. The standard InChI is InChI=1S/C26H24N2O3S2/c29-24(20-10-3-4-11-21(20)25(30)31)27-18-12-13-22-23(14-18)33-26(28-22)32-15-17-8-5-7-16-6-1-2-9-19(16)17/h1-2,5-9,12-14,20-21H,3-4,10-11,15H2,(H,27,29)(H,30,31)/t20-,21+/m1/s1. The number of carbonyl (C=O) groups is 2. The van der Waals surface area contributed by atoms with Crippen LogP contribution in [-0.2, 0) is 15.3 Å². The number of rotatable bonds is 6. The van der Waals surface area contributed by atoms with Gasteiger partial charge in [-0.25, -0.2) is 4.98 Å². The summed E-state index contributed by atoms with van der Waals surface area (Å²) < 4.78 is 1.99. The molecule has 0 saturated heterocycles. The van der Waals surface area contributed by atoms with Crippen LogP contribution in [0.2, 0.25) is 0 Å². The zero-order valence-corrected chi connectivity index (χ0v) is 19.6. The van der Waals surface area contributed by atoms with Crippen LogP contribution in [-0.4, -0.2) is 22.0 Å². The molecular formula is C26H24N2O3S2. The van der Waals surface area contributed by atoms with E-state index >= 15 is 0 Å². The molecule has 0 aliphatic heterocycles. The van der Waals surface area contributed by atoms with Crippen LogP contribution in [0.3, 0.4) is 0 Å². The van der Waals surface area contributed by atoms with Crippen molar-refractivity contribution in [3.8, 4) is 0 Å². The van der Waals surface area contributed by atoms with E-state index in [0.717, 1.165) is 33.2 Å². The number of fused-ring (bicyclic) bond motifs is 2. The van der Waals surface area contributed by atoms with Gasteiger partial charge in [-0.1, -0.05) is 67.1 Å². The molecule has 2 atom stereocenters. The summed E-state index contributed by atoms with van der Waals surface area (Å²) >= 11 is 3.33. The van der Waals surface area contributed by atoms with E-state index < -0.39 is 17.8 Å². The van der Waals surface area contributed by atoms with Gasteiger partial charge in [0.15, 0.2) is 4.34 Å². The van der Waals surface area contributed by atoms with Crippen LogP contribution in [0.4, 0.5) is 5.69 Å². The number of anilines is 1. The molecule has 0 unspecified atom stereocenters. The van der Waals surface area contributed by atoms with Crippen LogP contribution in [0.25, 0.3) is 21.0 Å². The Labute approximate surface area is 200 Å². The molecule has 0 bridgehead atoms. The van der Waals surface area contributed by atoms with Gasteiger partial charge < -0.3 is 10.4 Å². The van der Waals surface area contributed by atoms with Crippen molar-refractivity contribution in [3.05, 3.63) is 66.2 Å². The second-order valence-corrected chi connectivity index (χ2v) is 10.7. The highest BCUT2D eigenvalue weighted by molar-refractivity contribution is 8.00. The lowest BCUT2D eigenvalue weighted by molar-refractivity contribution is -0.147. The largest absolute Gasteiger partial charge is 0.481 e. The third-order valence-electron chi connectivity index (χ3n) is 6.29. The number of aliphatic carboxylic acids is 1. The van der Waals surface area contributed by atoms with Crippen molar-refractivity contribution in [2.24, 2.45) is 11.8 Å². The van der Waals surface area contributed by atoms with E-state index in [-0.39, 0.29) is 5.91 Å². The summed E-state index contributed by atoms with van der Waals surface area (Å²) in [6.07, 6.45) is 2.96. The van der Waals surface area contributed by atoms with Gasteiger partial charge in [0.25, 0.3) is 0 Å². The van der Waals surface area contributed by atoms with Crippen LogP contribution in [0.1, 0.15) is 31.2 Å². The summed E-state index contributed by atoms with van der Waals surface area (Å²) in [4.78, 5) is 29.1. The number of carboxylic acids is 1. The van der Waals surface area contributed by atoms with Gasteiger partial charge in [0.05, 0.1) is 22.1 Å². The van der Waals surface area contributed by atoms with Gasteiger partial charge >= 0.3 is 5.97 Å². The lowest BCUT2D eigenvalue weighted by Gasteiger charge is -2.27. The van der Waals surface area contributed by atoms with E-state index in [1.807, 2.05) is 18.2 Å². The number of benzene rings is 3. The summed E-state index contributed by atoms with van der Waals surface area (Å²) in [7, 11) is 0. The molecule has 4 aromatic rings. The number of hydrogen-bond donors (Lipinski definition) is 2. The van der Waals surface area contributed by atoms with Crippen molar-refractivity contribution in [3.63, 3.8) is 0 Å². The second kappa shape index (κ2) is 9.53. The second-order valence-electron chi connectivity index (χ2n) is 8.41. The minimum Gasteiger partial charge on any atom is -0.481 e. The Bertz CT molecular complexity index is 1330. The van der Waals surface area contributed by atoms with E-state index in [4.69, 9.17) is 4.98 Å². The minimum absolute atomic E-state index is 0.198. The van der Waals surface area contributed by atoms with Crippen molar-refractivity contribution < 1.29 is 14.7 Å². The number of nitrogens with zero attached hydrogens (tertiary/aromatic N) is 1. The van der Waals surface area contributed by atoms with E-state index in [1.54, 1.807) is 23.1 Å². The summed E-state index contributed by atoms with van der Waals surface area (Å²) in [5, 5.41) is 14.9. The van der Waals surface area contributed by atoms with Gasteiger partial charge in [-0.15, -0.1) is 11.3 Å². The van der Waals surface area contributed by atoms with Gasteiger partial charge in [0.2, 0.25) is 5.91 Å². The molecule has 5 rings (SSSR count). The van der Waals surface area contributed by atoms with Crippen LogP contribution < -0.4 is 5.32 Å². The molecular weight excluding hydrogens is 452 g/mol. The molecule has 3 aromatic carbocycles. The summed E-state index contributed by atoms with van der Waals surface area (Å²) in [6, 6.07) is 20.5. The van der Waals surface area contributed by atoms with E-state index in [1.165, 1.54) is 16.3 Å². The monoisotopic (exact) mass is 476 g/mol. The zero-order valence-electron chi connectivity index (χ0n) is 18.0. The first-order valence-electron chi connectivity index (χ1n) is 11.1. The Morgan fingerprint density at radius 3 is 2.67 bits per heavy atom. The smallest absolute Gasteiger partial charge is 0.307 e. The molecule has 168 valence electrons. The first-order valence-corrected chi connectivity index (χ1v) is 12.9. The van der Waals surface area contributed by atoms with Crippen LogP contribution >= 0.6 is 23.1 Å². The Balaban J connectivity index is 1.29. The average molecular weight is 477 g/mol. The predicted octanol–water partition coefficient (Wildman–Crippen LogP) is 6.57. The topological polar surface area (TPSA) is 79.3 Å². The molecule has 5 nitrogen and oxygen atoms in total. The summed E-state index contributed by atoms with van der Waals surface area (Å²) in [5.74, 6) is -1.30. The number of nitrogens with one attached hydrogen (secondary N) is 1. The van der Waals surface area contributed by atoms with Crippen molar-refractivity contribution in [1.82, 2.24) is 4.98 Å². The van der Waals surface area contributed by atoms with Crippen LogP contribution in [0.5, 0.6) is 0 Å². The molecule has 1 amide bonds. The first kappa shape index (κ1) is 21.9. The van der Waals surface area contributed by atoms with Crippen molar-refractivity contribution >= 4 is 61.7 Å². The Hall–Kier alpha value is -2.90. The van der Waals surface area contributed by atoms with E-state index in [2.05, 4.69) is 47.8 Å². The Morgan fingerprint density at radius 1 is 1.03 bits per heavy atom. The first-order chi connectivity index (χ1) is 16.1. The lowest BCUT2D eigenvalue weighted by Crippen LogP contribution is -2.36. The number of carboxylic acid groups (broad SMARTS) is 1. The third kappa shape index (κ3) is 4.75. The average Bonchev–Trinajstić information content (AvgIpc) is 3.25. The molecule has 1 heterocycles. The zero-order chi connectivity index (χ0) is 22.8. The summed E-state index contributed by atoms with van der Waals surface area (Å²) in [5.41, 5.74) is 2.88. The molecule has 33 heavy (non-hydrogen) atoms. The number of hydrogen-bond acceptors (Lipinski definition) is 5. The fourth-order valence-corrected chi connectivity index (χ4v) is 6.69. The maximum Gasteiger partial charge on any atom is 0.307 e. The fraction of sp³-hybridized carbons (Fsp3) is 0.269. The summed E-state index contributed by atoms with van der Waals surface area (Å²) in [6.45, 7) is 0. The number of carbonyl (C=O) groups excluding carboxylic acids is 1. The third-order valence-corrected chi connectivity index (χ3v) is 8.50. The Kier molecular flexibility index (Phi) is 6.33. The maximum atomic E-state index is 12.8. The maximum absolute atomic E-state index is 12.8. The van der Waals surface area contributed by atoms with Gasteiger partial charge in [0, 0.05) is 11.4 Å². The Morgan fingerprint density at radius 2 is 1.82 bits per heavy atom. The van der Waals surface area contributed by atoms with Crippen LogP contribution in [0.15, 0.2) is 65.0 Å². The van der Waals surface area contributed by atoms with Crippen molar-refractivity contribution in [1.29, 1.82) is 0 Å². The SMILES string of the molecule is O=C(O)[C@H]1CCCC[C@H]1C(=O)Nc1ccc2nc(SCc3cccc4ccccc34)sc2c1. The molecule has 0 radical (unpaired) electrons. The molecule has 1 aromatic heterocycles. The number of aromatic nitrogens is 1. The molecule has 1 aliphatic carbocycles. The predicted molar refractivity (Wildman–Crippen MR) is 135 cm³/mol. The van der Waals surface area contributed by atoms with E-state index in [9.17, 15) is 14.7 Å². The number of thiazole rings is 1. The van der Waals surface area contributed by atoms with Crippen LogP contribution in [0, 0.1) is 11.8 Å². The van der Waals surface area contributed by atoms with Gasteiger partial charge in [-0.2, -0.15) is 0 Å². The normalized spacial score (nSPS) is 18.4. The lowest BCUT2D eigenvalue weighted by atomic mass is 9.78. The highest BCUT2D eigenvalue weighted by Gasteiger charge is 2.35. The van der Waals surface area contributed by atoms with Gasteiger partial charge in [0.1, 0.15) is 0 Å². The highest BCUT2D eigenvalue weighted by Crippen LogP contribution is 2.35. The molecule has 1 saturated carbocycles. The minimum atomic E-state index is -0.874. The fourth-order valence-electron chi connectivity index (χ4n) is 4.58. The highest BCUT2D eigenvalue weighted by atomic mass is 32.2. The molecule has 1 fully saturated rings. The van der Waals surface area contributed by atoms with Crippen molar-refractivity contribution in [2.45, 2.75) is 35.8 Å². The molecule has 2 N–H and O–H groups in total. The van der Waals surface area contributed by atoms with E-state index in [0.29, 0.717) is 18.5 Å². The van der Waals surface area contributed by atoms with Gasteiger partial charge in [-0.3, -0.25) is 9.59 Å². The van der Waals surface area contributed by atoms with Gasteiger partial charge in [-0.05, 0) is 47.4 Å². The number of thioether (sulfide) groups is 1. The molecule has 0 spiro atoms. The van der Waals surface area contributed by atoms with Crippen molar-refractivity contribution in [2.75, 3.05) is 5.32 Å².